The molecule has 1 aliphatic heterocycles. The molecule has 0 radical (unpaired) electrons. The molecule has 1 fully saturated rings. The Morgan fingerprint density at radius 2 is 2.31 bits per heavy atom. The summed E-state index contributed by atoms with van der Waals surface area (Å²) < 4.78 is 4.99. The lowest BCUT2D eigenvalue weighted by Gasteiger charge is -2.06. The van der Waals surface area contributed by atoms with E-state index in [9.17, 15) is 4.79 Å². The van der Waals surface area contributed by atoms with Crippen LogP contribution in [0.15, 0.2) is 24.3 Å². The molecule has 1 atom stereocenters. The predicted molar refractivity (Wildman–Crippen MR) is 60.7 cm³/mol. The molecule has 0 aliphatic carbocycles. The first-order valence-corrected chi connectivity index (χ1v) is 5.62. The molecule has 2 rings (SSSR count). The van der Waals surface area contributed by atoms with E-state index in [1.165, 1.54) is 0 Å². The average Bonchev–Trinajstić information content (AvgIpc) is 2.99. The van der Waals surface area contributed by atoms with E-state index in [1.807, 2.05) is 24.3 Å². The second-order valence-corrected chi connectivity index (χ2v) is 4.51. The number of hydrogen-bond acceptors (Lipinski definition) is 2. The maximum atomic E-state index is 10.8. The van der Waals surface area contributed by atoms with Crippen molar-refractivity contribution in [1.82, 2.24) is 0 Å². The highest BCUT2D eigenvalue weighted by atomic mass is 35.5. The molecule has 16 heavy (non-hydrogen) atoms. The van der Waals surface area contributed by atoms with Crippen LogP contribution < -0.4 is 0 Å². The van der Waals surface area contributed by atoms with Crippen LogP contribution in [0, 0.1) is 0 Å². The van der Waals surface area contributed by atoms with Gasteiger partial charge in [-0.15, -0.1) is 0 Å². The fourth-order valence-corrected chi connectivity index (χ4v) is 1.95. The van der Waals surface area contributed by atoms with Crippen LogP contribution in [0.4, 0.5) is 0 Å². The molecule has 1 N–H and O–H groups in total. The van der Waals surface area contributed by atoms with Gasteiger partial charge >= 0.3 is 5.97 Å². The number of hydrogen-bond donors (Lipinski definition) is 1. The lowest BCUT2D eigenvalue weighted by Crippen LogP contribution is -2.23. The van der Waals surface area contributed by atoms with E-state index >= 15 is 0 Å². The molecule has 86 valence electrons. The average molecular weight is 241 g/mol. The quantitative estimate of drug-likeness (QED) is 0.805. The van der Waals surface area contributed by atoms with Gasteiger partial charge in [-0.25, -0.2) is 4.79 Å². The van der Waals surface area contributed by atoms with Gasteiger partial charge in [-0.05, 0) is 37.0 Å². The number of halogens is 1. The minimum atomic E-state index is -0.890. The van der Waals surface area contributed by atoms with Gasteiger partial charge < -0.3 is 9.84 Å². The summed E-state index contributed by atoms with van der Waals surface area (Å²) in [4.78, 5) is 10.8. The lowest BCUT2D eigenvalue weighted by molar-refractivity contribution is -0.143. The third-order valence-electron chi connectivity index (χ3n) is 2.82. The van der Waals surface area contributed by atoms with E-state index in [-0.39, 0.29) is 0 Å². The topological polar surface area (TPSA) is 49.8 Å². The van der Waals surface area contributed by atoms with E-state index in [2.05, 4.69) is 0 Å². The zero-order valence-corrected chi connectivity index (χ0v) is 9.54. The number of carbonyl (C=O) groups is 1. The molecule has 1 aromatic carbocycles. The largest absolute Gasteiger partial charge is 0.479 e. The van der Waals surface area contributed by atoms with Crippen LogP contribution in [-0.2, 0) is 16.0 Å². The van der Waals surface area contributed by atoms with Gasteiger partial charge in [0.25, 0.3) is 0 Å². The van der Waals surface area contributed by atoms with E-state index in [0.29, 0.717) is 18.1 Å². The Bertz CT molecular complexity index is 399. The highest BCUT2D eigenvalue weighted by Crippen LogP contribution is 2.33. The van der Waals surface area contributed by atoms with Crippen molar-refractivity contribution >= 4 is 17.6 Å². The van der Waals surface area contributed by atoms with Gasteiger partial charge in [0.15, 0.2) is 5.60 Å². The SMILES string of the molecule is O=C(O)C1(CCCc2cccc(Cl)c2)CO1. The van der Waals surface area contributed by atoms with Crippen molar-refractivity contribution in [1.29, 1.82) is 0 Å². The molecular weight excluding hydrogens is 228 g/mol. The van der Waals surface area contributed by atoms with Crippen LogP contribution in [0.25, 0.3) is 0 Å². The Morgan fingerprint density at radius 1 is 1.56 bits per heavy atom. The molecule has 0 saturated carbocycles. The van der Waals surface area contributed by atoms with Crippen molar-refractivity contribution < 1.29 is 14.6 Å². The van der Waals surface area contributed by atoms with Crippen molar-refractivity contribution in [3.8, 4) is 0 Å². The van der Waals surface area contributed by atoms with Crippen LogP contribution in [-0.4, -0.2) is 23.3 Å². The summed E-state index contributed by atoms with van der Waals surface area (Å²) in [7, 11) is 0. The van der Waals surface area contributed by atoms with Gasteiger partial charge in [-0.3, -0.25) is 0 Å². The monoisotopic (exact) mass is 240 g/mol. The van der Waals surface area contributed by atoms with Crippen LogP contribution >= 0.6 is 11.6 Å². The number of benzene rings is 1. The minimum Gasteiger partial charge on any atom is -0.479 e. The normalized spacial score (nSPS) is 23.1. The third kappa shape index (κ3) is 2.54. The first-order valence-electron chi connectivity index (χ1n) is 5.24. The molecule has 1 heterocycles. The number of aryl methyl sites for hydroxylation is 1. The van der Waals surface area contributed by atoms with Crippen molar-refractivity contribution in [2.45, 2.75) is 24.9 Å². The predicted octanol–water partition coefficient (Wildman–Crippen LogP) is 2.52. The molecule has 0 aromatic heterocycles. The van der Waals surface area contributed by atoms with Gasteiger partial charge in [-0.2, -0.15) is 0 Å². The Hall–Kier alpha value is -1.06. The second kappa shape index (κ2) is 4.44. The maximum absolute atomic E-state index is 10.8. The van der Waals surface area contributed by atoms with Crippen LogP contribution in [0.1, 0.15) is 18.4 Å². The standard InChI is InChI=1S/C12H13ClO3/c13-10-5-1-3-9(7-10)4-2-6-12(8-16-12)11(14)15/h1,3,5,7H,2,4,6,8H2,(H,14,15). The Kier molecular flexibility index (Phi) is 3.17. The molecule has 1 aromatic rings. The first-order chi connectivity index (χ1) is 7.62. The van der Waals surface area contributed by atoms with Gasteiger partial charge in [0.2, 0.25) is 0 Å². The molecule has 3 nitrogen and oxygen atoms in total. The first kappa shape index (κ1) is 11.4. The van der Waals surface area contributed by atoms with E-state index in [4.69, 9.17) is 21.4 Å². The molecule has 0 spiro atoms. The maximum Gasteiger partial charge on any atom is 0.338 e. The van der Waals surface area contributed by atoms with Crippen molar-refractivity contribution in [3.05, 3.63) is 34.9 Å². The zero-order chi connectivity index (χ0) is 11.6. The summed E-state index contributed by atoms with van der Waals surface area (Å²) in [5.41, 5.74) is 0.243. The highest BCUT2D eigenvalue weighted by molar-refractivity contribution is 6.30. The minimum absolute atomic E-state index is 0.345. The number of carboxylic acid groups (broad SMARTS) is 1. The van der Waals surface area contributed by atoms with Gasteiger partial charge in [0, 0.05) is 5.02 Å². The fraction of sp³-hybridized carbons (Fsp3) is 0.417. The number of rotatable bonds is 5. The number of carboxylic acids is 1. The highest BCUT2D eigenvalue weighted by Gasteiger charge is 2.51. The molecule has 0 amide bonds. The van der Waals surface area contributed by atoms with Crippen molar-refractivity contribution in [2.24, 2.45) is 0 Å². The summed E-state index contributed by atoms with van der Waals surface area (Å²) >= 11 is 5.86. The molecule has 0 bridgehead atoms. The Balaban J connectivity index is 1.83. The lowest BCUT2D eigenvalue weighted by atomic mass is 10.0. The Morgan fingerprint density at radius 3 is 2.88 bits per heavy atom. The molecule has 1 aliphatic rings. The van der Waals surface area contributed by atoms with Gasteiger partial charge in [0.05, 0.1) is 6.61 Å². The fourth-order valence-electron chi connectivity index (χ4n) is 1.73. The molecular formula is C12H13ClO3. The van der Waals surface area contributed by atoms with Crippen LogP contribution in [0.3, 0.4) is 0 Å². The third-order valence-corrected chi connectivity index (χ3v) is 3.05. The number of ether oxygens (including phenoxy) is 1. The van der Waals surface area contributed by atoms with Crippen LogP contribution in [0.2, 0.25) is 5.02 Å². The summed E-state index contributed by atoms with van der Waals surface area (Å²) in [5, 5.41) is 9.61. The molecule has 1 saturated heterocycles. The van der Waals surface area contributed by atoms with Gasteiger partial charge in [-0.1, -0.05) is 23.7 Å². The van der Waals surface area contributed by atoms with Gasteiger partial charge in [0.1, 0.15) is 0 Å². The number of aliphatic carboxylic acids is 1. The Labute approximate surface area is 99.0 Å². The summed E-state index contributed by atoms with van der Waals surface area (Å²) in [6.45, 7) is 0.345. The van der Waals surface area contributed by atoms with Crippen molar-refractivity contribution in [3.63, 3.8) is 0 Å². The van der Waals surface area contributed by atoms with E-state index in [1.54, 1.807) is 0 Å². The summed E-state index contributed by atoms with van der Waals surface area (Å²) in [5.74, 6) is -0.849. The molecule has 1 unspecified atom stereocenters. The number of epoxide rings is 1. The summed E-state index contributed by atoms with van der Waals surface area (Å²) in [6, 6.07) is 7.63. The van der Waals surface area contributed by atoms with Crippen molar-refractivity contribution in [2.75, 3.05) is 6.61 Å². The zero-order valence-electron chi connectivity index (χ0n) is 8.78. The van der Waals surface area contributed by atoms with E-state index in [0.717, 1.165) is 18.4 Å². The van der Waals surface area contributed by atoms with Crippen LogP contribution in [0.5, 0.6) is 0 Å². The summed E-state index contributed by atoms with van der Waals surface area (Å²) in [6.07, 6.45) is 2.19. The second-order valence-electron chi connectivity index (χ2n) is 4.07. The molecule has 4 heteroatoms. The van der Waals surface area contributed by atoms with E-state index < -0.39 is 11.6 Å². The smallest absolute Gasteiger partial charge is 0.338 e.